The van der Waals surface area contributed by atoms with Crippen molar-refractivity contribution in [2.24, 2.45) is 22.7 Å². The molecule has 2 rings (SSSR count). The van der Waals surface area contributed by atoms with E-state index in [4.69, 9.17) is 0 Å². The van der Waals surface area contributed by atoms with Crippen molar-refractivity contribution in [1.29, 1.82) is 0 Å². The van der Waals surface area contributed by atoms with Crippen molar-refractivity contribution in [3.05, 3.63) is 0 Å². The van der Waals surface area contributed by atoms with E-state index in [-0.39, 0.29) is 0 Å². The van der Waals surface area contributed by atoms with E-state index in [9.17, 15) is 0 Å². The lowest BCUT2D eigenvalue weighted by Crippen LogP contribution is -2.24. The molecule has 1 N–H and O–H groups in total. The molecule has 1 nitrogen and oxygen atoms in total. The van der Waals surface area contributed by atoms with Crippen LogP contribution in [-0.4, -0.2) is 13.1 Å². The van der Waals surface area contributed by atoms with Crippen LogP contribution in [-0.2, 0) is 0 Å². The van der Waals surface area contributed by atoms with Crippen molar-refractivity contribution in [2.75, 3.05) is 13.1 Å². The van der Waals surface area contributed by atoms with Gasteiger partial charge in [0.05, 0.1) is 0 Å². The summed E-state index contributed by atoms with van der Waals surface area (Å²) in [6, 6.07) is 0. The Morgan fingerprint density at radius 3 is 2.11 bits per heavy atom. The van der Waals surface area contributed by atoms with Gasteiger partial charge >= 0.3 is 0 Å². The summed E-state index contributed by atoms with van der Waals surface area (Å²) in [6.45, 7) is 12.1. The third-order valence-electron chi connectivity index (χ3n) is 5.88. The molecule has 2 saturated carbocycles. The largest absolute Gasteiger partial charge is 0.316 e. The summed E-state index contributed by atoms with van der Waals surface area (Å²) >= 11 is 0. The van der Waals surface area contributed by atoms with Crippen LogP contribution in [0.3, 0.4) is 0 Å². The van der Waals surface area contributed by atoms with Gasteiger partial charge in [0.1, 0.15) is 0 Å². The number of rotatable bonds is 4. The maximum Gasteiger partial charge on any atom is -0.000957 e. The summed E-state index contributed by atoms with van der Waals surface area (Å²) in [4.78, 5) is 0. The molecule has 1 spiro atoms. The number of hydrogen-bond donors (Lipinski definition) is 1. The maximum absolute atomic E-state index is 3.71. The first-order valence-corrected chi connectivity index (χ1v) is 8.21. The van der Waals surface area contributed by atoms with Crippen molar-refractivity contribution < 1.29 is 0 Å². The van der Waals surface area contributed by atoms with Crippen LogP contribution in [0.4, 0.5) is 0 Å². The fourth-order valence-electron chi connectivity index (χ4n) is 4.56. The monoisotopic (exact) mass is 251 g/mol. The molecule has 1 atom stereocenters. The second-order valence-electron chi connectivity index (χ2n) is 7.75. The summed E-state index contributed by atoms with van der Waals surface area (Å²) in [5, 5.41) is 3.71. The quantitative estimate of drug-likeness (QED) is 0.769. The normalized spacial score (nSPS) is 30.2. The molecule has 2 fully saturated rings. The maximum atomic E-state index is 3.71. The lowest BCUT2D eigenvalue weighted by molar-refractivity contribution is 0.283. The molecule has 0 aliphatic heterocycles. The Labute approximate surface area is 114 Å². The highest BCUT2D eigenvalue weighted by molar-refractivity contribution is 5.17. The molecule has 2 aliphatic carbocycles. The van der Waals surface area contributed by atoms with E-state index in [0.717, 1.165) is 11.8 Å². The van der Waals surface area contributed by atoms with Gasteiger partial charge in [-0.2, -0.15) is 0 Å². The highest BCUT2D eigenvalue weighted by Crippen LogP contribution is 2.73. The predicted molar refractivity (Wildman–Crippen MR) is 79.7 cm³/mol. The van der Waals surface area contributed by atoms with Gasteiger partial charge in [0.2, 0.25) is 0 Å². The van der Waals surface area contributed by atoms with Gasteiger partial charge in [-0.3, -0.25) is 0 Å². The smallest absolute Gasteiger partial charge is 0.000957 e. The molecule has 106 valence electrons. The molecule has 0 heterocycles. The van der Waals surface area contributed by atoms with Gasteiger partial charge in [-0.1, -0.05) is 59.8 Å². The van der Waals surface area contributed by atoms with Gasteiger partial charge in [-0.15, -0.1) is 0 Å². The first kappa shape index (κ1) is 14.4. The van der Waals surface area contributed by atoms with Crippen molar-refractivity contribution in [1.82, 2.24) is 5.32 Å². The molecule has 1 heteroatoms. The Hall–Kier alpha value is -0.0400. The number of nitrogens with one attached hydrogen (secondary N) is 1. The van der Waals surface area contributed by atoms with Crippen molar-refractivity contribution in [3.8, 4) is 0 Å². The predicted octanol–water partition coefficient (Wildman–Crippen LogP) is 4.62. The molecule has 0 saturated heterocycles. The van der Waals surface area contributed by atoms with E-state index in [1.807, 2.05) is 0 Å². The topological polar surface area (TPSA) is 12.0 Å². The Balaban J connectivity index is 1.90. The minimum atomic E-state index is 0.592. The molecule has 0 amide bonds. The third kappa shape index (κ3) is 2.61. The van der Waals surface area contributed by atoms with Gasteiger partial charge < -0.3 is 5.32 Å². The summed E-state index contributed by atoms with van der Waals surface area (Å²) in [7, 11) is 0. The SMILES string of the molecule is CC(C)CNCC1C(C)(C)C12CCCCCCC2. The van der Waals surface area contributed by atoms with Crippen molar-refractivity contribution in [3.63, 3.8) is 0 Å². The lowest BCUT2D eigenvalue weighted by atomic mass is 9.82. The van der Waals surface area contributed by atoms with Gasteiger partial charge in [-0.25, -0.2) is 0 Å². The van der Waals surface area contributed by atoms with E-state index in [2.05, 4.69) is 33.0 Å². The molecular weight excluding hydrogens is 218 g/mol. The van der Waals surface area contributed by atoms with Gasteiger partial charge in [0, 0.05) is 0 Å². The molecule has 0 aromatic carbocycles. The average molecular weight is 251 g/mol. The molecule has 0 aromatic heterocycles. The Morgan fingerprint density at radius 2 is 1.56 bits per heavy atom. The molecular formula is C17H33N. The van der Waals surface area contributed by atoms with Crippen LogP contribution in [0.1, 0.15) is 72.6 Å². The first-order chi connectivity index (χ1) is 8.51. The highest BCUT2D eigenvalue weighted by atomic mass is 14.9. The zero-order chi connectivity index (χ0) is 13.2. The highest BCUT2D eigenvalue weighted by Gasteiger charge is 2.68. The minimum Gasteiger partial charge on any atom is -0.316 e. The lowest BCUT2D eigenvalue weighted by Gasteiger charge is -2.23. The van der Waals surface area contributed by atoms with Crippen LogP contribution >= 0.6 is 0 Å². The second kappa shape index (κ2) is 5.53. The molecule has 0 radical (unpaired) electrons. The first-order valence-electron chi connectivity index (χ1n) is 8.21. The van der Waals surface area contributed by atoms with Crippen molar-refractivity contribution in [2.45, 2.75) is 72.6 Å². The average Bonchev–Trinajstić information content (AvgIpc) is 2.70. The Bertz CT molecular complexity index is 259. The van der Waals surface area contributed by atoms with Crippen LogP contribution in [0.15, 0.2) is 0 Å². The second-order valence-corrected chi connectivity index (χ2v) is 7.75. The zero-order valence-corrected chi connectivity index (χ0v) is 13.0. The summed E-state index contributed by atoms with van der Waals surface area (Å²) in [5.74, 6) is 1.71. The van der Waals surface area contributed by atoms with Crippen LogP contribution < -0.4 is 5.32 Å². The molecule has 0 bridgehead atoms. The summed E-state index contributed by atoms with van der Waals surface area (Å²) in [5.41, 5.74) is 1.28. The number of hydrogen-bond acceptors (Lipinski definition) is 1. The molecule has 2 aliphatic rings. The zero-order valence-electron chi connectivity index (χ0n) is 13.0. The van der Waals surface area contributed by atoms with Crippen LogP contribution in [0.5, 0.6) is 0 Å². The summed E-state index contributed by atoms with van der Waals surface area (Å²) in [6.07, 6.45) is 10.4. The Morgan fingerprint density at radius 1 is 1.00 bits per heavy atom. The standard InChI is InChI=1S/C17H33N/c1-14(2)12-18-13-15-16(3,4)17(15)10-8-6-5-7-9-11-17/h14-15,18H,5-13H2,1-4H3. The minimum absolute atomic E-state index is 0.592. The van der Waals surface area contributed by atoms with Crippen molar-refractivity contribution >= 4 is 0 Å². The van der Waals surface area contributed by atoms with E-state index in [0.29, 0.717) is 10.8 Å². The van der Waals surface area contributed by atoms with Gasteiger partial charge in [0.15, 0.2) is 0 Å². The van der Waals surface area contributed by atoms with Crippen LogP contribution in [0.2, 0.25) is 0 Å². The van der Waals surface area contributed by atoms with E-state index < -0.39 is 0 Å². The third-order valence-corrected chi connectivity index (χ3v) is 5.88. The molecule has 18 heavy (non-hydrogen) atoms. The van der Waals surface area contributed by atoms with Gasteiger partial charge in [0.25, 0.3) is 0 Å². The van der Waals surface area contributed by atoms with Crippen LogP contribution in [0, 0.1) is 22.7 Å². The molecule has 0 aromatic rings. The summed E-state index contributed by atoms with van der Waals surface area (Å²) < 4.78 is 0. The van der Waals surface area contributed by atoms with E-state index in [1.54, 1.807) is 0 Å². The Kier molecular flexibility index (Phi) is 4.41. The van der Waals surface area contributed by atoms with Crippen LogP contribution in [0.25, 0.3) is 0 Å². The fraction of sp³-hybridized carbons (Fsp3) is 1.00. The molecule has 1 unspecified atom stereocenters. The van der Waals surface area contributed by atoms with Gasteiger partial charge in [-0.05, 0) is 48.6 Å². The van der Waals surface area contributed by atoms with E-state index >= 15 is 0 Å². The fourth-order valence-corrected chi connectivity index (χ4v) is 4.56. The van der Waals surface area contributed by atoms with E-state index in [1.165, 1.54) is 58.0 Å².